The SMILES string of the molecule is CCCOc1c(Cl)cc(C(=O)Oc2ccc3c(c2)OC(N)=C(C#N)C3c2cccc(OCCC(C)C)c2)cc1Cl. The van der Waals surface area contributed by atoms with E-state index in [1.54, 1.807) is 18.2 Å². The van der Waals surface area contributed by atoms with E-state index in [0.29, 0.717) is 41.9 Å². The Morgan fingerprint density at radius 1 is 1.05 bits per heavy atom. The molecule has 0 aliphatic carbocycles. The molecule has 1 unspecified atom stereocenters. The summed E-state index contributed by atoms with van der Waals surface area (Å²) in [6.45, 7) is 7.28. The van der Waals surface area contributed by atoms with Crippen LogP contribution in [0.4, 0.5) is 0 Å². The Labute approximate surface area is 244 Å². The zero-order valence-corrected chi connectivity index (χ0v) is 24.0. The molecule has 0 fully saturated rings. The summed E-state index contributed by atoms with van der Waals surface area (Å²) in [5.74, 6) is 0.977. The molecular weight excluding hydrogens is 551 g/mol. The van der Waals surface area contributed by atoms with Crippen LogP contribution in [-0.2, 0) is 0 Å². The molecule has 0 radical (unpaired) electrons. The highest BCUT2D eigenvalue weighted by molar-refractivity contribution is 6.37. The highest BCUT2D eigenvalue weighted by Crippen LogP contribution is 2.44. The standard InChI is InChI=1S/C31H30Cl2N2O5/c1-4-11-38-29-25(32)14-20(15-26(29)33)31(36)39-22-8-9-23-27(16-22)40-30(35)24(17-34)28(23)19-6-5-7-21(13-19)37-12-10-18(2)3/h5-9,13-16,18,28H,4,10-12,35H2,1-3H3. The number of halogens is 2. The Kier molecular flexibility index (Phi) is 9.46. The molecule has 40 heavy (non-hydrogen) atoms. The van der Waals surface area contributed by atoms with E-state index in [9.17, 15) is 10.1 Å². The van der Waals surface area contributed by atoms with Gasteiger partial charge in [0.05, 0.1) is 34.7 Å². The van der Waals surface area contributed by atoms with Crippen molar-refractivity contribution in [3.8, 4) is 29.1 Å². The Morgan fingerprint density at radius 2 is 1.80 bits per heavy atom. The Hall–Kier alpha value is -3.86. The maximum Gasteiger partial charge on any atom is 0.343 e. The molecule has 2 N–H and O–H groups in total. The van der Waals surface area contributed by atoms with Crippen LogP contribution in [0.25, 0.3) is 0 Å². The Morgan fingerprint density at radius 3 is 2.48 bits per heavy atom. The van der Waals surface area contributed by atoms with E-state index in [1.165, 1.54) is 12.1 Å². The van der Waals surface area contributed by atoms with E-state index in [2.05, 4.69) is 19.9 Å². The topological polar surface area (TPSA) is 104 Å². The minimum atomic E-state index is -0.661. The lowest BCUT2D eigenvalue weighted by atomic mass is 9.83. The largest absolute Gasteiger partial charge is 0.494 e. The summed E-state index contributed by atoms with van der Waals surface area (Å²) < 4.78 is 22.9. The maximum absolute atomic E-state index is 12.9. The maximum atomic E-state index is 12.9. The zero-order chi connectivity index (χ0) is 28.8. The average Bonchev–Trinajstić information content (AvgIpc) is 2.91. The van der Waals surface area contributed by atoms with Gasteiger partial charge in [0.25, 0.3) is 0 Å². The number of rotatable bonds is 10. The number of nitriles is 1. The van der Waals surface area contributed by atoms with Crippen molar-refractivity contribution in [1.82, 2.24) is 0 Å². The van der Waals surface area contributed by atoms with Gasteiger partial charge in [0.15, 0.2) is 5.75 Å². The molecular formula is C31H30Cl2N2O5. The first-order valence-corrected chi connectivity index (χ1v) is 13.8. The Bertz CT molecular complexity index is 1460. The summed E-state index contributed by atoms with van der Waals surface area (Å²) in [5.41, 5.74) is 8.14. The minimum absolute atomic E-state index is 0.0177. The van der Waals surface area contributed by atoms with Crippen LogP contribution < -0.4 is 24.7 Å². The molecule has 3 aromatic rings. The summed E-state index contributed by atoms with van der Waals surface area (Å²) in [6, 6.07) is 17.6. The third-order valence-corrected chi connectivity index (χ3v) is 6.80. The number of nitrogens with two attached hydrogens (primary N) is 1. The van der Waals surface area contributed by atoms with E-state index in [0.717, 1.165) is 18.4 Å². The lowest BCUT2D eigenvalue weighted by Gasteiger charge is -2.27. The number of nitrogens with zero attached hydrogens (tertiary/aromatic N) is 1. The van der Waals surface area contributed by atoms with Crippen LogP contribution in [0.2, 0.25) is 10.0 Å². The van der Waals surface area contributed by atoms with Gasteiger partial charge in [-0.25, -0.2) is 4.79 Å². The van der Waals surface area contributed by atoms with E-state index >= 15 is 0 Å². The van der Waals surface area contributed by atoms with Crippen molar-refractivity contribution in [1.29, 1.82) is 5.26 Å². The quantitative estimate of drug-likeness (QED) is 0.194. The highest BCUT2D eigenvalue weighted by Gasteiger charge is 2.31. The number of ether oxygens (including phenoxy) is 4. The second-order valence-electron chi connectivity index (χ2n) is 9.73. The molecule has 208 valence electrons. The molecule has 0 saturated heterocycles. The third-order valence-electron chi connectivity index (χ3n) is 6.24. The molecule has 3 aromatic carbocycles. The number of esters is 1. The van der Waals surface area contributed by atoms with Gasteiger partial charge >= 0.3 is 5.97 Å². The fourth-order valence-electron chi connectivity index (χ4n) is 4.22. The van der Waals surface area contributed by atoms with Gasteiger partial charge in [-0.2, -0.15) is 5.26 Å². The van der Waals surface area contributed by atoms with Crippen molar-refractivity contribution in [2.75, 3.05) is 13.2 Å². The van der Waals surface area contributed by atoms with Gasteiger partial charge in [-0.1, -0.05) is 62.2 Å². The van der Waals surface area contributed by atoms with Gasteiger partial charge in [0.1, 0.15) is 28.9 Å². The predicted molar refractivity (Wildman–Crippen MR) is 154 cm³/mol. The molecule has 1 heterocycles. The van der Waals surface area contributed by atoms with Crippen LogP contribution in [0.15, 0.2) is 66.1 Å². The first-order chi connectivity index (χ1) is 19.2. The lowest BCUT2D eigenvalue weighted by Crippen LogP contribution is -2.21. The van der Waals surface area contributed by atoms with E-state index in [1.807, 2.05) is 31.2 Å². The number of benzene rings is 3. The molecule has 9 heteroatoms. The van der Waals surface area contributed by atoms with Crippen molar-refractivity contribution in [2.24, 2.45) is 11.7 Å². The molecule has 1 aliphatic rings. The van der Waals surface area contributed by atoms with Crippen LogP contribution in [0.5, 0.6) is 23.0 Å². The predicted octanol–water partition coefficient (Wildman–Crippen LogP) is 7.64. The summed E-state index contributed by atoms with van der Waals surface area (Å²) in [7, 11) is 0. The normalized spacial score (nSPS) is 14.3. The van der Waals surface area contributed by atoms with E-state index < -0.39 is 11.9 Å². The minimum Gasteiger partial charge on any atom is -0.494 e. The molecule has 0 bridgehead atoms. The summed E-state index contributed by atoms with van der Waals surface area (Å²) in [4.78, 5) is 12.9. The molecule has 0 saturated carbocycles. The second kappa shape index (κ2) is 13.0. The summed E-state index contributed by atoms with van der Waals surface area (Å²) in [6.07, 6.45) is 1.71. The number of carbonyl (C=O) groups is 1. The van der Waals surface area contributed by atoms with E-state index in [4.69, 9.17) is 47.9 Å². The van der Waals surface area contributed by atoms with Gasteiger partial charge in [0.2, 0.25) is 5.88 Å². The molecule has 0 amide bonds. The highest BCUT2D eigenvalue weighted by atomic mass is 35.5. The van der Waals surface area contributed by atoms with Crippen molar-refractivity contribution in [3.63, 3.8) is 0 Å². The molecule has 0 aromatic heterocycles. The first-order valence-electron chi connectivity index (χ1n) is 13.0. The summed E-state index contributed by atoms with van der Waals surface area (Å²) in [5, 5.41) is 10.3. The molecule has 0 spiro atoms. The van der Waals surface area contributed by atoms with Crippen molar-refractivity contribution in [3.05, 3.63) is 92.8 Å². The summed E-state index contributed by atoms with van der Waals surface area (Å²) >= 11 is 12.6. The van der Waals surface area contributed by atoms with Gasteiger partial charge < -0.3 is 24.7 Å². The third kappa shape index (κ3) is 6.64. The van der Waals surface area contributed by atoms with Crippen LogP contribution >= 0.6 is 23.2 Å². The van der Waals surface area contributed by atoms with Crippen LogP contribution in [0, 0.1) is 17.2 Å². The van der Waals surface area contributed by atoms with Gasteiger partial charge in [-0.05, 0) is 54.7 Å². The molecule has 1 atom stereocenters. The van der Waals surface area contributed by atoms with Crippen molar-refractivity contribution in [2.45, 2.75) is 39.5 Å². The fourth-order valence-corrected chi connectivity index (χ4v) is 4.82. The number of allylic oxidation sites excluding steroid dienone is 1. The van der Waals surface area contributed by atoms with Gasteiger partial charge in [-0.15, -0.1) is 0 Å². The van der Waals surface area contributed by atoms with E-state index in [-0.39, 0.29) is 32.8 Å². The van der Waals surface area contributed by atoms with Crippen molar-refractivity contribution >= 4 is 29.2 Å². The van der Waals surface area contributed by atoms with Crippen molar-refractivity contribution < 1.29 is 23.7 Å². The fraction of sp³-hybridized carbons (Fsp3) is 0.290. The lowest BCUT2D eigenvalue weighted by molar-refractivity contribution is 0.0734. The number of fused-ring (bicyclic) bond motifs is 1. The average molecular weight is 581 g/mol. The molecule has 7 nitrogen and oxygen atoms in total. The molecule has 4 rings (SSSR count). The number of hydrogen-bond donors (Lipinski definition) is 1. The number of hydrogen-bond acceptors (Lipinski definition) is 7. The zero-order valence-electron chi connectivity index (χ0n) is 22.5. The van der Waals surface area contributed by atoms with Gasteiger partial charge in [0, 0.05) is 11.6 Å². The smallest absolute Gasteiger partial charge is 0.343 e. The Balaban J connectivity index is 1.59. The van der Waals surface area contributed by atoms with Gasteiger partial charge in [-0.3, -0.25) is 0 Å². The number of carbonyl (C=O) groups excluding carboxylic acids is 1. The van der Waals surface area contributed by atoms with Crippen LogP contribution in [0.3, 0.4) is 0 Å². The monoisotopic (exact) mass is 580 g/mol. The second-order valence-corrected chi connectivity index (χ2v) is 10.5. The molecule has 1 aliphatic heterocycles. The van der Waals surface area contributed by atoms with Crippen LogP contribution in [-0.4, -0.2) is 19.2 Å². The first kappa shape index (κ1) is 29.1. The van der Waals surface area contributed by atoms with Crippen LogP contribution in [0.1, 0.15) is 61.0 Å².